The highest BCUT2D eigenvalue weighted by atomic mass is 32.1. The van der Waals surface area contributed by atoms with Crippen molar-refractivity contribution in [3.63, 3.8) is 0 Å². The Balaban J connectivity index is 1.66. The number of amides is 2. The van der Waals surface area contributed by atoms with Crippen LogP contribution in [0.3, 0.4) is 0 Å². The fraction of sp³-hybridized carbons (Fsp3) is 0.400. The van der Waals surface area contributed by atoms with E-state index in [9.17, 15) is 9.90 Å². The number of hydrogen-bond donors (Lipinski definition) is 3. The predicted molar refractivity (Wildman–Crippen MR) is 88.5 cm³/mol. The molecule has 0 fully saturated rings. The molecule has 1 aromatic heterocycles. The van der Waals surface area contributed by atoms with Crippen LogP contribution in [0.15, 0.2) is 30.3 Å². The van der Waals surface area contributed by atoms with Crippen LogP contribution in [0.25, 0.3) is 0 Å². The normalized spacial score (nSPS) is 13.3. The molecule has 0 radical (unpaired) electrons. The number of carbonyl (C=O) groups excluding carboxylic acids is 1. The van der Waals surface area contributed by atoms with Gasteiger partial charge in [-0.05, 0) is 19.4 Å². The number of anilines is 1. The first-order chi connectivity index (χ1) is 11.0. The topological polar surface area (TPSA) is 96.4 Å². The Morgan fingerprint density at radius 3 is 2.74 bits per heavy atom. The highest BCUT2D eigenvalue weighted by molar-refractivity contribution is 7.15. The van der Waals surface area contributed by atoms with Gasteiger partial charge in [0, 0.05) is 6.54 Å². The van der Waals surface area contributed by atoms with E-state index in [0.29, 0.717) is 5.13 Å². The summed E-state index contributed by atoms with van der Waals surface area (Å²) in [4.78, 5) is 11.7. The number of urea groups is 1. The largest absolute Gasteiger partial charge is 0.389 e. The lowest BCUT2D eigenvalue weighted by Gasteiger charge is -2.17. The maximum atomic E-state index is 11.7. The Morgan fingerprint density at radius 2 is 2.09 bits per heavy atom. The minimum atomic E-state index is -0.789. The second kappa shape index (κ2) is 8.56. The van der Waals surface area contributed by atoms with Gasteiger partial charge in [-0.1, -0.05) is 41.7 Å². The molecule has 0 spiro atoms. The highest BCUT2D eigenvalue weighted by Gasteiger charge is 2.12. The standard InChI is InChI=1S/C15H20N4O3S/c1-10(12-6-4-3-5-7-12)22-9-13(20)8-16-14(21)17-15-19-18-11(2)23-15/h3-7,10,13,20H,8-9H2,1-2H3,(H2,16,17,19,21). The van der Waals surface area contributed by atoms with Crippen molar-refractivity contribution in [3.05, 3.63) is 40.9 Å². The van der Waals surface area contributed by atoms with Crippen LogP contribution >= 0.6 is 11.3 Å². The first-order valence-electron chi connectivity index (χ1n) is 7.24. The zero-order valence-electron chi connectivity index (χ0n) is 13.0. The Morgan fingerprint density at radius 1 is 1.35 bits per heavy atom. The van der Waals surface area contributed by atoms with Crippen molar-refractivity contribution in [2.24, 2.45) is 0 Å². The Kier molecular flexibility index (Phi) is 6.45. The lowest BCUT2D eigenvalue weighted by atomic mass is 10.1. The Bertz CT molecular complexity index is 620. The van der Waals surface area contributed by atoms with Crippen molar-refractivity contribution in [2.45, 2.75) is 26.1 Å². The SMILES string of the molecule is Cc1nnc(NC(=O)NCC(O)COC(C)c2ccccc2)s1. The van der Waals surface area contributed by atoms with E-state index in [1.165, 1.54) is 11.3 Å². The second-order valence-electron chi connectivity index (χ2n) is 5.00. The fourth-order valence-electron chi connectivity index (χ4n) is 1.83. The van der Waals surface area contributed by atoms with Crippen molar-refractivity contribution in [2.75, 3.05) is 18.5 Å². The van der Waals surface area contributed by atoms with Gasteiger partial charge in [0.1, 0.15) is 5.01 Å². The van der Waals surface area contributed by atoms with Crippen LogP contribution in [0.1, 0.15) is 23.6 Å². The molecule has 0 aliphatic rings. The minimum absolute atomic E-state index is 0.0884. The molecule has 8 heteroatoms. The van der Waals surface area contributed by atoms with Gasteiger partial charge in [0.2, 0.25) is 5.13 Å². The number of aliphatic hydroxyl groups is 1. The number of ether oxygens (including phenoxy) is 1. The summed E-state index contributed by atoms with van der Waals surface area (Å²) in [5.74, 6) is 0. The van der Waals surface area contributed by atoms with Gasteiger partial charge < -0.3 is 15.2 Å². The molecule has 2 aromatic rings. The minimum Gasteiger partial charge on any atom is -0.389 e. The van der Waals surface area contributed by atoms with Crippen molar-refractivity contribution in [1.29, 1.82) is 0 Å². The van der Waals surface area contributed by atoms with Gasteiger partial charge in [0.25, 0.3) is 0 Å². The van der Waals surface area contributed by atoms with E-state index in [2.05, 4.69) is 20.8 Å². The Labute approximate surface area is 138 Å². The third kappa shape index (κ3) is 5.93. The quantitative estimate of drug-likeness (QED) is 0.719. The average Bonchev–Trinajstić information content (AvgIpc) is 2.96. The molecule has 2 rings (SSSR count). The zero-order valence-corrected chi connectivity index (χ0v) is 13.8. The smallest absolute Gasteiger partial charge is 0.321 e. The molecule has 2 unspecified atom stereocenters. The lowest BCUT2D eigenvalue weighted by Crippen LogP contribution is -2.37. The van der Waals surface area contributed by atoms with Gasteiger partial charge in [-0.25, -0.2) is 4.79 Å². The van der Waals surface area contributed by atoms with E-state index in [0.717, 1.165) is 10.6 Å². The summed E-state index contributed by atoms with van der Waals surface area (Å²) in [6.45, 7) is 3.94. The van der Waals surface area contributed by atoms with Crippen molar-refractivity contribution in [1.82, 2.24) is 15.5 Å². The predicted octanol–water partition coefficient (Wildman–Crippen LogP) is 2.11. The van der Waals surface area contributed by atoms with Crippen LogP contribution in [0, 0.1) is 6.92 Å². The summed E-state index contributed by atoms with van der Waals surface area (Å²) >= 11 is 1.28. The number of hydrogen-bond acceptors (Lipinski definition) is 6. The van der Waals surface area contributed by atoms with E-state index < -0.39 is 12.1 Å². The van der Waals surface area contributed by atoms with Crippen molar-refractivity contribution in [3.8, 4) is 0 Å². The summed E-state index contributed by atoms with van der Waals surface area (Å²) in [6.07, 6.45) is -0.910. The number of aryl methyl sites for hydroxylation is 1. The molecule has 1 aromatic carbocycles. The maximum absolute atomic E-state index is 11.7. The number of aromatic nitrogens is 2. The summed E-state index contributed by atoms with van der Waals surface area (Å²) in [6, 6.07) is 9.31. The molecule has 0 aliphatic carbocycles. The van der Waals surface area contributed by atoms with Crippen LogP contribution < -0.4 is 10.6 Å². The summed E-state index contributed by atoms with van der Waals surface area (Å²) in [5, 5.41) is 23.8. The first-order valence-corrected chi connectivity index (χ1v) is 8.06. The molecule has 0 saturated carbocycles. The second-order valence-corrected chi connectivity index (χ2v) is 6.18. The van der Waals surface area contributed by atoms with Crippen LogP contribution in [0.2, 0.25) is 0 Å². The molecule has 0 saturated heterocycles. The first kappa shape index (κ1) is 17.3. The van der Waals surface area contributed by atoms with Gasteiger partial charge in [-0.15, -0.1) is 10.2 Å². The molecular formula is C15H20N4O3S. The molecule has 3 N–H and O–H groups in total. The molecular weight excluding hydrogens is 316 g/mol. The number of carbonyl (C=O) groups is 1. The van der Waals surface area contributed by atoms with Crippen molar-refractivity contribution < 1.29 is 14.6 Å². The van der Waals surface area contributed by atoms with Crippen LogP contribution in [0.5, 0.6) is 0 Å². The Hall–Kier alpha value is -2.03. The van der Waals surface area contributed by atoms with Crippen LogP contribution in [-0.2, 0) is 4.74 Å². The zero-order chi connectivity index (χ0) is 16.7. The third-order valence-corrected chi connectivity index (χ3v) is 3.81. The van der Waals surface area contributed by atoms with E-state index in [1.807, 2.05) is 37.3 Å². The number of rotatable bonds is 7. The molecule has 2 amide bonds. The monoisotopic (exact) mass is 336 g/mol. The molecule has 124 valence electrons. The van der Waals surface area contributed by atoms with E-state index >= 15 is 0 Å². The van der Waals surface area contributed by atoms with Gasteiger partial charge >= 0.3 is 6.03 Å². The summed E-state index contributed by atoms with van der Waals surface area (Å²) in [5.41, 5.74) is 1.04. The molecule has 0 bridgehead atoms. The fourth-order valence-corrected chi connectivity index (χ4v) is 2.42. The number of benzene rings is 1. The average molecular weight is 336 g/mol. The van der Waals surface area contributed by atoms with Gasteiger partial charge in [0.15, 0.2) is 0 Å². The third-order valence-electron chi connectivity index (χ3n) is 3.05. The van der Waals surface area contributed by atoms with Crippen LogP contribution in [-0.4, -0.2) is 40.6 Å². The number of aliphatic hydroxyl groups excluding tert-OH is 1. The van der Waals surface area contributed by atoms with E-state index in [-0.39, 0.29) is 19.3 Å². The van der Waals surface area contributed by atoms with Gasteiger partial charge in [-0.2, -0.15) is 0 Å². The summed E-state index contributed by atoms with van der Waals surface area (Å²) in [7, 11) is 0. The highest BCUT2D eigenvalue weighted by Crippen LogP contribution is 2.16. The van der Waals surface area contributed by atoms with Gasteiger partial charge in [0.05, 0.1) is 18.8 Å². The molecule has 23 heavy (non-hydrogen) atoms. The lowest BCUT2D eigenvalue weighted by molar-refractivity contribution is -0.000953. The molecule has 2 atom stereocenters. The molecule has 1 heterocycles. The van der Waals surface area contributed by atoms with Crippen molar-refractivity contribution >= 4 is 22.5 Å². The number of nitrogens with zero attached hydrogens (tertiary/aromatic N) is 2. The van der Waals surface area contributed by atoms with Gasteiger partial charge in [-0.3, -0.25) is 5.32 Å². The molecule has 0 aliphatic heterocycles. The summed E-state index contributed by atoms with van der Waals surface area (Å²) < 4.78 is 5.60. The molecule has 7 nitrogen and oxygen atoms in total. The van der Waals surface area contributed by atoms with E-state index in [4.69, 9.17) is 4.74 Å². The number of nitrogens with one attached hydrogen (secondary N) is 2. The maximum Gasteiger partial charge on any atom is 0.321 e. The van der Waals surface area contributed by atoms with Crippen LogP contribution in [0.4, 0.5) is 9.93 Å². The van der Waals surface area contributed by atoms with E-state index in [1.54, 1.807) is 6.92 Å².